The summed E-state index contributed by atoms with van der Waals surface area (Å²) in [7, 11) is 0. The summed E-state index contributed by atoms with van der Waals surface area (Å²) in [6, 6.07) is 81.8. The average molecular weight is 882 g/mol. The van der Waals surface area contributed by atoms with Crippen LogP contribution >= 0.6 is 0 Å². The van der Waals surface area contributed by atoms with Crippen LogP contribution in [0.1, 0.15) is 0 Å². The van der Waals surface area contributed by atoms with E-state index in [-0.39, 0.29) is 0 Å². The average Bonchev–Trinajstić information content (AvgIpc) is 3.82. The molecule has 0 saturated carbocycles. The molecule has 0 spiro atoms. The predicted molar refractivity (Wildman–Crippen MR) is 281 cm³/mol. The second kappa shape index (κ2) is 16.8. The largest absolute Gasteiger partial charge is 0.455 e. The van der Waals surface area contributed by atoms with Crippen molar-refractivity contribution < 1.29 is 4.42 Å². The Balaban J connectivity index is 0.877. The molecule has 3 aromatic heterocycles. The van der Waals surface area contributed by atoms with E-state index in [1.54, 1.807) is 0 Å². The minimum absolute atomic E-state index is 0.600. The molecule has 3 heterocycles. The van der Waals surface area contributed by atoms with Crippen molar-refractivity contribution >= 4 is 43.5 Å². The Kier molecular flexibility index (Phi) is 9.72. The molecule has 13 rings (SSSR count). The van der Waals surface area contributed by atoms with Gasteiger partial charge in [-0.15, -0.1) is 0 Å². The highest BCUT2D eigenvalue weighted by Crippen LogP contribution is 2.38. The standard InChI is InChI=1S/C63H39N5O/c1-2-15-44(16-3-1)60-64-56(43-31-29-42(30-32-43)53-24-12-25-55-54-23-8-9-26-58(54)69-59(53)55)39-57(65-60)49-21-10-19-47(35-49)48-20-11-22-50(38-48)61-66-62(51-33-27-40-13-4-6-17-45(40)36-51)68-63(67-61)52-34-28-41-14-5-7-18-46(41)37-52/h1-39H. The molecule has 0 amide bonds. The van der Waals surface area contributed by atoms with E-state index in [1.807, 2.05) is 30.3 Å². The molecule has 0 radical (unpaired) electrons. The van der Waals surface area contributed by atoms with Crippen LogP contribution in [0.15, 0.2) is 241 Å². The number of rotatable bonds is 8. The summed E-state index contributed by atoms with van der Waals surface area (Å²) in [6.45, 7) is 0. The van der Waals surface area contributed by atoms with Crippen LogP contribution in [0.3, 0.4) is 0 Å². The summed E-state index contributed by atoms with van der Waals surface area (Å²) in [5, 5.41) is 6.81. The van der Waals surface area contributed by atoms with Gasteiger partial charge < -0.3 is 4.42 Å². The van der Waals surface area contributed by atoms with Gasteiger partial charge in [0.05, 0.1) is 11.4 Å². The Morgan fingerprint density at radius 1 is 0.246 bits per heavy atom. The molecule has 13 aromatic rings. The van der Waals surface area contributed by atoms with Crippen molar-refractivity contribution in [2.75, 3.05) is 0 Å². The van der Waals surface area contributed by atoms with Crippen molar-refractivity contribution in [3.05, 3.63) is 237 Å². The number of benzene rings is 10. The molecule has 0 bridgehead atoms. The molecule has 0 fully saturated rings. The molecule has 0 aliphatic heterocycles. The normalized spacial score (nSPS) is 11.5. The Labute approximate surface area is 398 Å². The summed E-state index contributed by atoms with van der Waals surface area (Å²) in [5.74, 6) is 2.50. The monoisotopic (exact) mass is 881 g/mol. The maximum Gasteiger partial charge on any atom is 0.164 e. The first-order chi connectivity index (χ1) is 34.1. The molecule has 0 aliphatic rings. The summed E-state index contributed by atoms with van der Waals surface area (Å²) in [4.78, 5) is 25.7. The zero-order chi connectivity index (χ0) is 45.7. The third-order valence-electron chi connectivity index (χ3n) is 12.9. The van der Waals surface area contributed by atoms with Crippen LogP contribution in [-0.4, -0.2) is 24.9 Å². The highest BCUT2D eigenvalue weighted by molar-refractivity contribution is 6.09. The summed E-state index contributed by atoms with van der Waals surface area (Å²) < 4.78 is 6.39. The van der Waals surface area contributed by atoms with Gasteiger partial charge in [-0.3, -0.25) is 0 Å². The van der Waals surface area contributed by atoms with Crippen LogP contribution in [0.25, 0.3) is 134 Å². The van der Waals surface area contributed by atoms with Crippen LogP contribution < -0.4 is 0 Å². The highest BCUT2D eigenvalue weighted by atomic mass is 16.3. The molecule has 0 saturated heterocycles. The molecule has 322 valence electrons. The van der Waals surface area contributed by atoms with E-state index in [2.05, 4.69) is 206 Å². The second-order valence-electron chi connectivity index (χ2n) is 17.3. The first-order valence-electron chi connectivity index (χ1n) is 23.0. The number of hydrogen-bond donors (Lipinski definition) is 0. The van der Waals surface area contributed by atoms with E-state index in [4.69, 9.17) is 29.3 Å². The van der Waals surface area contributed by atoms with Crippen molar-refractivity contribution in [3.63, 3.8) is 0 Å². The maximum absolute atomic E-state index is 6.39. The van der Waals surface area contributed by atoms with Crippen molar-refractivity contribution in [3.8, 4) is 90.3 Å². The van der Waals surface area contributed by atoms with E-state index < -0.39 is 0 Å². The van der Waals surface area contributed by atoms with Gasteiger partial charge in [-0.25, -0.2) is 24.9 Å². The Morgan fingerprint density at radius 3 is 1.36 bits per heavy atom. The Bertz CT molecular complexity index is 3990. The number of fused-ring (bicyclic) bond motifs is 5. The zero-order valence-electron chi connectivity index (χ0n) is 37.2. The molecular weight excluding hydrogens is 843 g/mol. The van der Waals surface area contributed by atoms with Gasteiger partial charge in [0.1, 0.15) is 11.2 Å². The van der Waals surface area contributed by atoms with Crippen molar-refractivity contribution in [1.82, 2.24) is 24.9 Å². The van der Waals surface area contributed by atoms with E-state index in [9.17, 15) is 0 Å². The summed E-state index contributed by atoms with van der Waals surface area (Å²) in [6.07, 6.45) is 0. The second-order valence-corrected chi connectivity index (χ2v) is 17.3. The van der Waals surface area contributed by atoms with Gasteiger partial charge in [-0.1, -0.05) is 200 Å². The van der Waals surface area contributed by atoms with Gasteiger partial charge in [0, 0.05) is 49.7 Å². The molecule has 6 heteroatoms. The molecule has 0 unspecified atom stereocenters. The van der Waals surface area contributed by atoms with E-state index >= 15 is 0 Å². The minimum Gasteiger partial charge on any atom is -0.455 e. The molecule has 0 atom stereocenters. The van der Waals surface area contributed by atoms with E-state index in [0.29, 0.717) is 23.3 Å². The van der Waals surface area contributed by atoms with Gasteiger partial charge in [0.25, 0.3) is 0 Å². The fourth-order valence-corrected chi connectivity index (χ4v) is 9.37. The lowest BCUT2D eigenvalue weighted by Gasteiger charge is -2.12. The first kappa shape index (κ1) is 39.9. The highest BCUT2D eigenvalue weighted by Gasteiger charge is 2.17. The molecule has 10 aromatic carbocycles. The predicted octanol–water partition coefficient (Wildman–Crippen LogP) is 16.2. The van der Waals surface area contributed by atoms with Crippen LogP contribution in [0.4, 0.5) is 0 Å². The third kappa shape index (κ3) is 7.56. The lowest BCUT2D eigenvalue weighted by molar-refractivity contribution is 0.670. The van der Waals surface area contributed by atoms with Gasteiger partial charge in [0.2, 0.25) is 0 Å². The Morgan fingerprint density at radius 2 is 0.696 bits per heavy atom. The fraction of sp³-hybridized carbons (Fsp3) is 0. The van der Waals surface area contributed by atoms with E-state index in [0.717, 1.165) is 111 Å². The number of hydrogen-bond acceptors (Lipinski definition) is 6. The summed E-state index contributed by atoms with van der Waals surface area (Å²) in [5.41, 5.74) is 13.3. The van der Waals surface area contributed by atoms with Gasteiger partial charge >= 0.3 is 0 Å². The van der Waals surface area contributed by atoms with Crippen LogP contribution in [0.5, 0.6) is 0 Å². The SMILES string of the molecule is c1ccc(-c2nc(-c3ccc(-c4cccc5c4oc4ccccc45)cc3)cc(-c3cccc(-c4cccc(-c5nc(-c6ccc7ccccc7c6)nc(-c6ccc7ccccc7c6)n5)c4)c3)n2)cc1. The topological polar surface area (TPSA) is 77.6 Å². The smallest absolute Gasteiger partial charge is 0.164 e. The molecule has 6 nitrogen and oxygen atoms in total. The Hall–Kier alpha value is -9.39. The zero-order valence-corrected chi connectivity index (χ0v) is 37.2. The molecule has 0 N–H and O–H groups in total. The molecule has 69 heavy (non-hydrogen) atoms. The number of nitrogens with zero attached hydrogens (tertiary/aromatic N) is 5. The first-order valence-corrected chi connectivity index (χ1v) is 23.0. The molecular formula is C63H39N5O. The fourth-order valence-electron chi connectivity index (χ4n) is 9.37. The van der Waals surface area contributed by atoms with E-state index in [1.165, 1.54) is 0 Å². The van der Waals surface area contributed by atoms with Crippen molar-refractivity contribution in [2.24, 2.45) is 0 Å². The van der Waals surface area contributed by atoms with Crippen LogP contribution in [0, 0.1) is 0 Å². The summed E-state index contributed by atoms with van der Waals surface area (Å²) >= 11 is 0. The number of furan rings is 1. The lowest BCUT2D eigenvalue weighted by atomic mass is 9.98. The van der Waals surface area contributed by atoms with Crippen LogP contribution in [0.2, 0.25) is 0 Å². The van der Waals surface area contributed by atoms with Gasteiger partial charge in [-0.2, -0.15) is 0 Å². The minimum atomic E-state index is 0.600. The number of para-hydroxylation sites is 2. The van der Waals surface area contributed by atoms with Gasteiger partial charge in [-0.05, 0) is 74.6 Å². The number of aromatic nitrogens is 5. The third-order valence-corrected chi connectivity index (χ3v) is 12.9. The maximum atomic E-state index is 6.39. The van der Waals surface area contributed by atoms with Crippen molar-refractivity contribution in [1.29, 1.82) is 0 Å². The van der Waals surface area contributed by atoms with Crippen molar-refractivity contribution in [2.45, 2.75) is 0 Å². The lowest BCUT2D eigenvalue weighted by Crippen LogP contribution is -2.00. The quantitative estimate of drug-likeness (QED) is 0.151. The van der Waals surface area contributed by atoms with Crippen LogP contribution in [-0.2, 0) is 0 Å². The van der Waals surface area contributed by atoms with Gasteiger partial charge in [0.15, 0.2) is 23.3 Å². The molecule has 0 aliphatic carbocycles.